The minimum atomic E-state index is -0.624. The summed E-state index contributed by atoms with van der Waals surface area (Å²) in [6, 6.07) is 0. The van der Waals surface area contributed by atoms with Crippen LogP contribution in [0.2, 0.25) is 0 Å². The largest absolute Gasteiger partial charge is 0.257 e. The molecule has 0 aromatic carbocycles. The van der Waals surface area contributed by atoms with E-state index >= 15 is 0 Å². The van der Waals surface area contributed by atoms with Crippen molar-refractivity contribution >= 4 is 15.9 Å². The van der Waals surface area contributed by atoms with Gasteiger partial charge in [0.05, 0.1) is 4.47 Å². The van der Waals surface area contributed by atoms with Crippen LogP contribution in [0.5, 0.6) is 0 Å². The molecule has 0 amide bonds. The van der Waals surface area contributed by atoms with E-state index < -0.39 is 5.95 Å². The average molecular weight is 244 g/mol. The normalized spacial score (nSPS) is 10.3. The summed E-state index contributed by atoms with van der Waals surface area (Å²) < 4.78 is 13.1. The van der Waals surface area contributed by atoms with Crippen LogP contribution in [0, 0.1) is 5.95 Å². The Morgan fingerprint density at radius 3 is 2.85 bits per heavy atom. The number of halogens is 2. The van der Waals surface area contributed by atoms with Crippen molar-refractivity contribution in [2.24, 2.45) is 0 Å². The highest BCUT2D eigenvalue weighted by Gasteiger charge is 2.07. The summed E-state index contributed by atoms with van der Waals surface area (Å²) in [7, 11) is 0. The fourth-order valence-corrected chi connectivity index (χ4v) is 0.965. The van der Waals surface area contributed by atoms with Crippen LogP contribution < -0.4 is 0 Å². The maximum atomic E-state index is 12.9. The summed E-state index contributed by atoms with van der Waals surface area (Å²) in [6.07, 6.45) is 2.62. The van der Waals surface area contributed by atoms with Gasteiger partial charge in [-0.3, -0.25) is 5.10 Å². The molecule has 0 unspecified atom stereocenters. The van der Waals surface area contributed by atoms with Crippen LogP contribution in [0.15, 0.2) is 17.0 Å². The van der Waals surface area contributed by atoms with Crippen molar-refractivity contribution in [2.75, 3.05) is 0 Å². The lowest BCUT2D eigenvalue weighted by Crippen LogP contribution is -1.94. The van der Waals surface area contributed by atoms with Gasteiger partial charge >= 0.3 is 0 Å². The molecule has 0 aliphatic heterocycles. The predicted molar refractivity (Wildman–Crippen MR) is 45.1 cm³/mol. The van der Waals surface area contributed by atoms with E-state index in [9.17, 15) is 4.39 Å². The number of aromatic nitrogens is 5. The molecule has 0 fully saturated rings. The van der Waals surface area contributed by atoms with Crippen molar-refractivity contribution in [3.05, 3.63) is 22.9 Å². The van der Waals surface area contributed by atoms with Crippen LogP contribution in [0.4, 0.5) is 4.39 Å². The molecule has 2 heterocycles. The van der Waals surface area contributed by atoms with Crippen LogP contribution in [0.1, 0.15) is 0 Å². The van der Waals surface area contributed by atoms with Gasteiger partial charge in [0.25, 0.3) is 0 Å². The Kier molecular flexibility index (Phi) is 2.01. The lowest BCUT2D eigenvalue weighted by Gasteiger charge is -1.95. The first kappa shape index (κ1) is 8.24. The Labute approximate surface area is 80.6 Å². The SMILES string of the molecule is Fc1nc(-c2ncn[nH]2)ncc1Br. The Bertz CT molecular complexity index is 415. The maximum absolute atomic E-state index is 12.9. The first-order chi connectivity index (χ1) is 6.27. The fourth-order valence-electron chi connectivity index (χ4n) is 0.774. The number of nitrogens with zero attached hydrogens (tertiary/aromatic N) is 4. The zero-order chi connectivity index (χ0) is 9.26. The Morgan fingerprint density at radius 1 is 1.38 bits per heavy atom. The minimum absolute atomic E-state index is 0.179. The molecule has 1 N–H and O–H groups in total. The number of nitrogens with one attached hydrogen (secondary N) is 1. The van der Waals surface area contributed by atoms with E-state index in [1.807, 2.05) is 0 Å². The fraction of sp³-hybridized carbons (Fsp3) is 0. The number of rotatable bonds is 1. The molecule has 2 aromatic rings. The van der Waals surface area contributed by atoms with Crippen molar-refractivity contribution in [3.8, 4) is 11.6 Å². The second-order valence-corrected chi connectivity index (χ2v) is 3.02. The number of hydrogen-bond donors (Lipinski definition) is 1. The highest BCUT2D eigenvalue weighted by Crippen LogP contribution is 2.14. The van der Waals surface area contributed by atoms with E-state index in [0.717, 1.165) is 0 Å². The van der Waals surface area contributed by atoms with Crippen LogP contribution in [-0.4, -0.2) is 25.1 Å². The number of H-pyrrole nitrogens is 1. The second kappa shape index (κ2) is 3.17. The Morgan fingerprint density at radius 2 is 2.23 bits per heavy atom. The van der Waals surface area contributed by atoms with Gasteiger partial charge in [0.1, 0.15) is 6.33 Å². The van der Waals surface area contributed by atoms with Crippen molar-refractivity contribution in [1.29, 1.82) is 0 Å². The summed E-state index contributed by atoms with van der Waals surface area (Å²) in [4.78, 5) is 11.2. The van der Waals surface area contributed by atoms with Gasteiger partial charge in [-0.1, -0.05) is 0 Å². The topological polar surface area (TPSA) is 67.3 Å². The summed E-state index contributed by atoms with van der Waals surface area (Å²) in [5.74, 6) is -0.106. The summed E-state index contributed by atoms with van der Waals surface area (Å²) in [5.41, 5.74) is 0. The molecule has 0 aliphatic rings. The molecule has 66 valence electrons. The van der Waals surface area contributed by atoms with Gasteiger partial charge in [-0.05, 0) is 15.9 Å². The highest BCUT2D eigenvalue weighted by molar-refractivity contribution is 9.10. The summed E-state index contributed by atoms with van der Waals surface area (Å²) in [5, 5.41) is 6.13. The second-order valence-electron chi connectivity index (χ2n) is 2.17. The first-order valence-electron chi connectivity index (χ1n) is 3.31. The summed E-state index contributed by atoms with van der Waals surface area (Å²) in [6.45, 7) is 0. The van der Waals surface area contributed by atoms with E-state index in [2.05, 4.69) is 41.1 Å². The first-order valence-corrected chi connectivity index (χ1v) is 4.10. The van der Waals surface area contributed by atoms with Crippen molar-refractivity contribution in [2.45, 2.75) is 0 Å². The number of hydrogen-bond acceptors (Lipinski definition) is 4. The quantitative estimate of drug-likeness (QED) is 0.764. The Balaban J connectivity index is 2.49. The van der Waals surface area contributed by atoms with Gasteiger partial charge in [0.15, 0.2) is 11.6 Å². The van der Waals surface area contributed by atoms with Crippen molar-refractivity contribution in [3.63, 3.8) is 0 Å². The molecule has 2 aromatic heterocycles. The third kappa shape index (κ3) is 1.55. The lowest BCUT2D eigenvalue weighted by atomic mass is 10.5. The zero-order valence-electron chi connectivity index (χ0n) is 6.20. The van der Waals surface area contributed by atoms with E-state index in [0.29, 0.717) is 5.82 Å². The molecule has 13 heavy (non-hydrogen) atoms. The molecule has 2 rings (SSSR count). The third-order valence-corrected chi connectivity index (χ3v) is 1.86. The van der Waals surface area contributed by atoms with E-state index in [-0.39, 0.29) is 10.3 Å². The van der Waals surface area contributed by atoms with Gasteiger partial charge in [0.2, 0.25) is 5.95 Å². The van der Waals surface area contributed by atoms with E-state index in [1.54, 1.807) is 0 Å². The maximum Gasteiger partial charge on any atom is 0.230 e. The monoisotopic (exact) mass is 243 g/mol. The molecular weight excluding hydrogens is 241 g/mol. The predicted octanol–water partition coefficient (Wildman–Crippen LogP) is 1.16. The van der Waals surface area contributed by atoms with Crippen molar-refractivity contribution in [1.82, 2.24) is 25.1 Å². The van der Waals surface area contributed by atoms with Gasteiger partial charge in [-0.15, -0.1) is 0 Å². The van der Waals surface area contributed by atoms with E-state index in [4.69, 9.17) is 0 Å². The molecule has 0 saturated carbocycles. The molecule has 0 bridgehead atoms. The zero-order valence-corrected chi connectivity index (χ0v) is 7.79. The van der Waals surface area contributed by atoms with Gasteiger partial charge in [-0.25, -0.2) is 9.97 Å². The molecular formula is C6H3BrFN5. The molecule has 0 aliphatic carbocycles. The molecule has 0 saturated heterocycles. The molecule has 0 spiro atoms. The van der Waals surface area contributed by atoms with Crippen molar-refractivity contribution < 1.29 is 4.39 Å². The number of aromatic amines is 1. The standard InChI is InChI=1S/C6H3BrFN5/c7-3-1-9-5(12-4(3)8)6-10-2-11-13-6/h1-2H,(H,10,11,13). The average Bonchev–Trinajstić information content (AvgIpc) is 2.62. The highest BCUT2D eigenvalue weighted by atomic mass is 79.9. The smallest absolute Gasteiger partial charge is 0.230 e. The minimum Gasteiger partial charge on any atom is -0.257 e. The van der Waals surface area contributed by atoms with Gasteiger partial charge in [0, 0.05) is 6.20 Å². The third-order valence-electron chi connectivity index (χ3n) is 1.33. The van der Waals surface area contributed by atoms with Crippen LogP contribution in [0.25, 0.3) is 11.6 Å². The van der Waals surface area contributed by atoms with Crippen LogP contribution >= 0.6 is 15.9 Å². The summed E-state index contributed by atoms with van der Waals surface area (Å²) >= 11 is 2.95. The van der Waals surface area contributed by atoms with Crippen LogP contribution in [0.3, 0.4) is 0 Å². The van der Waals surface area contributed by atoms with Gasteiger partial charge in [-0.2, -0.15) is 14.5 Å². The molecule has 0 atom stereocenters. The van der Waals surface area contributed by atoms with Crippen LogP contribution in [-0.2, 0) is 0 Å². The molecule has 5 nitrogen and oxygen atoms in total. The lowest BCUT2D eigenvalue weighted by molar-refractivity contribution is 0.573. The molecule has 7 heteroatoms. The van der Waals surface area contributed by atoms with Gasteiger partial charge < -0.3 is 0 Å². The molecule has 0 radical (unpaired) electrons. The Hall–Kier alpha value is -1.37. The van der Waals surface area contributed by atoms with E-state index in [1.165, 1.54) is 12.5 Å².